The van der Waals surface area contributed by atoms with E-state index in [1.54, 1.807) is 0 Å². The Morgan fingerprint density at radius 3 is 2.68 bits per heavy atom. The summed E-state index contributed by atoms with van der Waals surface area (Å²) in [5.41, 5.74) is 2.34. The molecule has 2 aromatic carbocycles. The predicted octanol–water partition coefficient (Wildman–Crippen LogP) is 5.11. The SMILES string of the molecule is c1ccnc(=NCC2CCCCC2c2cccc3ccccc23)cc1. The third-order valence-electron chi connectivity index (χ3n) is 5.38. The molecular weight excluding hydrogens is 304 g/mol. The molecule has 1 heterocycles. The molecule has 1 aliphatic rings. The highest BCUT2D eigenvalue weighted by Gasteiger charge is 2.27. The molecule has 1 aromatic heterocycles. The van der Waals surface area contributed by atoms with E-state index < -0.39 is 0 Å². The Morgan fingerprint density at radius 1 is 0.840 bits per heavy atom. The molecule has 2 atom stereocenters. The van der Waals surface area contributed by atoms with E-state index in [0.29, 0.717) is 11.8 Å². The zero-order valence-corrected chi connectivity index (χ0v) is 14.5. The summed E-state index contributed by atoms with van der Waals surface area (Å²) in [6, 6.07) is 23.5. The van der Waals surface area contributed by atoms with E-state index in [1.165, 1.54) is 42.0 Å². The van der Waals surface area contributed by atoms with E-state index in [9.17, 15) is 0 Å². The fraction of sp³-hybridized carbons (Fsp3) is 0.304. The van der Waals surface area contributed by atoms with Crippen LogP contribution in [0.1, 0.15) is 37.2 Å². The molecule has 4 rings (SSSR count). The van der Waals surface area contributed by atoms with Crippen molar-refractivity contribution in [3.8, 4) is 0 Å². The van der Waals surface area contributed by atoms with Gasteiger partial charge in [0, 0.05) is 12.7 Å². The van der Waals surface area contributed by atoms with Crippen molar-refractivity contribution >= 4 is 10.8 Å². The highest BCUT2D eigenvalue weighted by molar-refractivity contribution is 5.86. The number of rotatable bonds is 3. The van der Waals surface area contributed by atoms with Gasteiger partial charge in [0.05, 0.1) is 0 Å². The van der Waals surface area contributed by atoms with Crippen LogP contribution in [0.15, 0.2) is 77.9 Å². The van der Waals surface area contributed by atoms with Crippen molar-refractivity contribution in [1.82, 2.24) is 4.98 Å². The number of fused-ring (bicyclic) bond motifs is 1. The van der Waals surface area contributed by atoms with Gasteiger partial charge in [0.15, 0.2) is 0 Å². The minimum atomic E-state index is 0.598. The maximum atomic E-state index is 4.81. The van der Waals surface area contributed by atoms with E-state index in [1.807, 2.05) is 30.5 Å². The van der Waals surface area contributed by atoms with Gasteiger partial charge in [-0.05, 0) is 53.1 Å². The maximum Gasteiger partial charge on any atom is 0.147 e. The fourth-order valence-electron chi connectivity index (χ4n) is 4.13. The third-order valence-corrected chi connectivity index (χ3v) is 5.38. The van der Waals surface area contributed by atoms with Gasteiger partial charge >= 0.3 is 0 Å². The van der Waals surface area contributed by atoms with Gasteiger partial charge in [0.25, 0.3) is 0 Å². The minimum Gasteiger partial charge on any atom is -0.266 e. The number of hydrogen-bond donors (Lipinski definition) is 0. The first-order valence-corrected chi connectivity index (χ1v) is 9.31. The van der Waals surface area contributed by atoms with Crippen molar-refractivity contribution < 1.29 is 0 Å². The Balaban J connectivity index is 1.66. The molecule has 25 heavy (non-hydrogen) atoms. The van der Waals surface area contributed by atoms with Gasteiger partial charge in [-0.25, -0.2) is 4.98 Å². The first-order chi connectivity index (χ1) is 12.4. The van der Waals surface area contributed by atoms with E-state index in [0.717, 1.165) is 12.0 Å². The summed E-state index contributed by atoms with van der Waals surface area (Å²) in [4.78, 5) is 9.22. The van der Waals surface area contributed by atoms with Crippen LogP contribution in [-0.4, -0.2) is 11.5 Å². The number of aromatic nitrogens is 1. The van der Waals surface area contributed by atoms with Gasteiger partial charge in [-0.2, -0.15) is 0 Å². The summed E-state index contributed by atoms with van der Waals surface area (Å²) < 4.78 is 0. The first-order valence-electron chi connectivity index (χ1n) is 9.31. The van der Waals surface area contributed by atoms with Crippen LogP contribution in [0.25, 0.3) is 10.8 Å². The van der Waals surface area contributed by atoms with Crippen molar-refractivity contribution in [3.05, 3.63) is 84.0 Å². The van der Waals surface area contributed by atoms with Crippen LogP contribution in [0.3, 0.4) is 0 Å². The smallest absolute Gasteiger partial charge is 0.147 e. The molecule has 0 radical (unpaired) electrons. The van der Waals surface area contributed by atoms with Crippen LogP contribution in [0.2, 0.25) is 0 Å². The standard InChI is InChI=1S/C23H24N2/c1-2-15-23(24-16-7-1)25-17-19-10-4-6-13-21(19)22-14-8-11-18-9-3-5-12-20(18)22/h1-3,5,7-9,11-12,14-16,19,21H,4,6,10,13,17H2. The molecule has 0 bridgehead atoms. The summed E-state index contributed by atoms with van der Waals surface area (Å²) in [7, 11) is 0. The molecule has 1 aliphatic carbocycles. The average molecular weight is 328 g/mol. The highest BCUT2D eigenvalue weighted by Crippen LogP contribution is 2.40. The Morgan fingerprint density at radius 2 is 1.68 bits per heavy atom. The lowest BCUT2D eigenvalue weighted by molar-refractivity contribution is 0.314. The number of benzene rings is 2. The summed E-state index contributed by atoms with van der Waals surface area (Å²) in [6.45, 7) is 0.866. The van der Waals surface area contributed by atoms with Crippen molar-refractivity contribution in [2.75, 3.05) is 6.54 Å². The lowest BCUT2D eigenvalue weighted by atomic mass is 9.74. The summed E-state index contributed by atoms with van der Waals surface area (Å²) >= 11 is 0. The Kier molecular flexibility index (Phi) is 4.87. The van der Waals surface area contributed by atoms with Gasteiger partial charge in [-0.3, -0.25) is 4.99 Å². The molecule has 0 saturated heterocycles. The maximum absolute atomic E-state index is 4.81. The number of hydrogen-bond acceptors (Lipinski definition) is 2. The minimum absolute atomic E-state index is 0.598. The van der Waals surface area contributed by atoms with E-state index in [-0.39, 0.29) is 0 Å². The Bertz CT molecular complexity index is 889. The second-order valence-corrected chi connectivity index (χ2v) is 6.94. The molecule has 0 aliphatic heterocycles. The van der Waals surface area contributed by atoms with Gasteiger partial charge in [0.1, 0.15) is 5.49 Å². The third kappa shape index (κ3) is 3.63. The van der Waals surface area contributed by atoms with Crippen LogP contribution in [-0.2, 0) is 0 Å². The molecule has 2 unspecified atom stereocenters. The van der Waals surface area contributed by atoms with Crippen LogP contribution in [0.4, 0.5) is 0 Å². The molecule has 1 fully saturated rings. The van der Waals surface area contributed by atoms with Gasteiger partial charge < -0.3 is 0 Å². The zero-order valence-electron chi connectivity index (χ0n) is 14.5. The quantitative estimate of drug-likeness (QED) is 0.656. The van der Waals surface area contributed by atoms with Crippen molar-refractivity contribution in [3.63, 3.8) is 0 Å². The van der Waals surface area contributed by atoms with E-state index in [2.05, 4.69) is 47.4 Å². The molecule has 2 nitrogen and oxygen atoms in total. The molecule has 0 spiro atoms. The Labute approximate surface area is 149 Å². The monoisotopic (exact) mass is 328 g/mol. The molecule has 1 saturated carbocycles. The normalized spacial score (nSPS) is 21.4. The first kappa shape index (κ1) is 16.0. The Hall–Kier alpha value is -2.48. The highest BCUT2D eigenvalue weighted by atomic mass is 14.8. The predicted molar refractivity (Wildman–Crippen MR) is 103 cm³/mol. The van der Waals surface area contributed by atoms with Crippen molar-refractivity contribution in [2.24, 2.45) is 10.9 Å². The lowest BCUT2D eigenvalue weighted by Gasteiger charge is -2.31. The average Bonchev–Trinajstić information content (AvgIpc) is 2.95. The van der Waals surface area contributed by atoms with Crippen molar-refractivity contribution in [1.29, 1.82) is 0 Å². The molecule has 3 aromatic rings. The van der Waals surface area contributed by atoms with Crippen LogP contribution in [0, 0.1) is 5.92 Å². The topological polar surface area (TPSA) is 25.2 Å². The molecule has 0 amide bonds. The van der Waals surface area contributed by atoms with Crippen LogP contribution < -0.4 is 5.49 Å². The van der Waals surface area contributed by atoms with Gasteiger partial charge in [-0.1, -0.05) is 67.4 Å². The summed E-state index contributed by atoms with van der Waals surface area (Å²) in [5.74, 6) is 1.20. The van der Waals surface area contributed by atoms with Gasteiger partial charge in [-0.15, -0.1) is 0 Å². The summed E-state index contributed by atoms with van der Waals surface area (Å²) in [5, 5.41) is 2.75. The van der Waals surface area contributed by atoms with Crippen LogP contribution >= 0.6 is 0 Å². The van der Waals surface area contributed by atoms with Crippen LogP contribution in [0.5, 0.6) is 0 Å². The number of nitrogens with zero attached hydrogens (tertiary/aromatic N) is 2. The molecule has 0 N–H and O–H groups in total. The zero-order chi connectivity index (χ0) is 16.9. The molecule has 126 valence electrons. The van der Waals surface area contributed by atoms with Gasteiger partial charge in [0.2, 0.25) is 0 Å². The van der Waals surface area contributed by atoms with E-state index >= 15 is 0 Å². The lowest BCUT2D eigenvalue weighted by Crippen LogP contribution is -2.22. The largest absolute Gasteiger partial charge is 0.266 e. The molecule has 2 heteroatoms. The summed E-state index contributed by atoms with van der Waals surface area (Å²) in [6.07, 6.45) is 6.99. The van der Waals surface area contributed by atoms with Crippen molar-refractivity contribution in [2.45, 2.75) is 31.6 Å². The van der Waals surface area contributed by atoms with E-state index in [4.69, 9.17) is 4.99 Å². The second kappa shape index (κ2) is 7.60. The fourth-order valence-corrected chi connectivity index (χ4v) is 4.13. The second-order valence-electron chi connectivity index (χ2n) is 6.94. The molecular formula is C23H24N2.